The average Bonchev–Trinajstić information content (AvgIpc) is 3.18. The number of hydrogen-bond donors (Lipinski definition) is 1. The van der Waals surface area contributed by atoms with E-state index in [0.717, 1.165) is 5.56 Å². The van der Waals surface area contributed by atoms with Crippen molar-refractivity contribution in [2.24, 2.45) is 0 Å². The van der Waals surface area contributed by atoms with Crippen molar-refractivity contribution in [2.75, 3.05) is 5.32 Å². The average molecular weight is 387 g/mol. The summed E-state index contributed by atoms with van der Waals surface area (Å²) in [5, 5.41) is 4.06. The molecule has 0 unspecified atom stereocenters. The first-order chi connectivity index (χ1) is 11.8. The monoisotopic (exact) mass is 386 g/mol. The van der Waals surface area contributed by atoms with Crippen molar-refractivity contribution in [2.45, 2.75) is 12.6 Å². The van der Waals surface area contributed by atoms with Crippen LogP contribution in [0.2, 0.25) is 5.02 Å². The fourth-order valence-electron chi connectivity index (χ4n) is 2.06. The standard InChI is InChI=1S/C16H10ClF3N2O2S/c17-10-5-3-9(4-6-10)8-12-21-13(11-2-1-7-25-11)14(24-12)22-15(23)16(18,19)20/h1-7H,8H2,(H,22,23). The summed E-state index contributed by atoms with van der Waals surface area (Å²) in [4.78, 5) is 16.0. The van der Waals surface area contributed by atoms with Crippen molar-refractivity contribution in [3.8, 4) is 10.6 Å². The highest BCUT2D eigenvalue weighted by molar-refractivity contribution is 7.13. The summed E-state index contributed by atoms with van der Waals surface area (Å²) < 4.78 is 42.9. The largest absolute Gasteiger partial charge is 0.471 e. The lowest BCUT2D eigenvalue weighted by atomic mass is 10.1. The number of carbonyl (C=O) groups excluding carboxylic acids is 1. The van der Waals surface area contributed by atoms with Crippen molar-refractivity contribution in [3.63, 3.8) is 0 Å². The van der Waals surface area contributed by atoms with Gasteiger partial charge in [-0.2, -0.15) is 13.2 Å². The predicted molar refractivity (Wildman–Crippen MR) is 88.8 cm³/mol. The van der Waals surface area contributed by atoms with E-state index in [1.54, 1.807) is 47.1 Å². The summed E-state index contributed by atoms with van der Waals surface area (Å²) in [6.07, 6.45) is -4.77. The fourth-order valence-corrected chi connectivity index (χ4v) is 2.89. The number of amides is 1. The topological polar surface area (TPSA) is 55.1 Å². The molecule has 2 heterocycles. The van der Waals surface area contributed by atoms with E-state index in [9.17, 15) is 18.0 Å². The lowest BCUT2D eigenvalue weighted by Gasteiger charge is -2.05. The summed E-state index contributed by atoms with van der Waals surface area (Å²) in [5.74, 6) is -2.25. The van der Waals surface area contributed by atoms with E-state index in [4.69, 9.17) is 16.0 Å². The van der Waals surface area contributed by atoms with Gasteiger partial charge in [-0.05, 0) is 29.1 Å². The quantitative estimate of drug-likeness (QED) is 0.674. The summed E-state index contributed by atoms with van der Waals surface area (Å²) in [6, 6.07) is 10.3. The normalized spacial score (nSPS) is 11.5. The van der Waals surface area contributed by atoms with Gasteiger partial charge in [0.15, 0.2) is 0 Å². The van der Waals surface area contributed by atoms with E-state index < -0.39 is 12.1 Å². The minimum atomic E-state index is -5.02. The lowest BCUT2D eigenvalue weighted by molar-refractivity contribution is -0.167. The molecule has 3 aromatic rings. The first kappa shape index (κ1) is 17.5. The molecular formula is C16H10ClF3N2O2S. The summed E-state index contributed by atoms with van der Waals surface area (Å²) in [5.41, 5.74) is 0.980. The maximum atomic E-state index is 12.5. The first-order valence-corrected chi connectivity index (χ1v) is 8.25. The summed E-state index contributed by atoms with van der Waals surface area (Å²) >= 11 is 7.09. The Hall–Kier alpha value is -2.32. The molecule has 2 aromatic heterocycles. The zero-order valence-electron chi connectivity index (χ0n) is 12.4. The second-order valence-corrected chi connectivity index (χ2v) is 6.40. The number of hydrogen-bond acceptors (Lipinski definition) is 4. The number of oxazole rings is 1. The van der Waals surface area contributed by atoms with E-state index in [2.05, 4.69) is 4.98 Å². The van der Waals surface area contributed by atoms with E-state index in [-0.39, 0.29) is 23.9 Å². The Morgan fingerprint density at radius 1 is 1.24 bits per heavy atom. The molecule has 0 bridgehead atoms. The molecule has 9 heteroatoms. The first-order valence-electron chi connectivity index (χ1n) is 6.99. The van der Waals surface area contributed by atoms with Crippen molar-refractivity contribution in [1.29, 1.82) is 0 Å². The number of aromatic nitrogens is 1. The van der Waals surface area contributed by atoms with Gasteiger partial charge in [-0.15, -0.1) is 11.3 Å². The SMILES string of the molecule is O=C(Nc1oc(Cc2ccc(Cl)cc2)nc1-c1cccs1)C(F)(F)F. The van der Waals surface area contributed by atoms with E-state index >= 15 is 0 Å². The van der Waals surface area contributed by atoms with Gasteiger partial charge in [0.1, 0.15) is 5.69 Å². The van der Waals surface area contributed by atoms with Crippen LogP contribution in [0.1, 0.15) is 11.5 Å². The predicted octanol–water partition coefficient (Wildman–Crippen LogP) is 5.15. The van der Waals surface area contributed by atoms with Gasteiger partial charge in [-0.3, -0.25) is 10.1 Å². The van der Waals surface area contributed by atoms with Gasteiger partial charge in [0.25, 0.3) is 0 Å². The van der Waals surface area contributed by atoms with Gasteiger partial charge < -0.3 is 4.42 Å². The smallest absolute Gasteiger partial charge is 0.424 e. The Morgan fingerprint density at radius 2 is 1.96 bits per heavy atom. The van der Waals surface area contributed by atoms with Gasteiger partial charge in [0.2, 0.25) is 11.8 Å². The van der Waals surface area contributed by atoms with E-state index in [0.29, 0.717) is 9.90 Å². The fraction of sp³-hybridized carbons (Fsp3) is 0.125. The van der Waals surface area contributed by atoms with Gasteiger partial charge >= 0.3 is 12.1 Å². The highest BCUT2D eigenvalue weighted by Crippen LogP contribution is 2.33. The number of rotatable bonds is 4. The molecule has 0 aliphatic rings. The zero-order valence-corrected chi connectivity index (χ0v) is 14.0. The third-order valence-electron chi connectivity index (χ3n) is 3.18. The van der Waals surface area contributed by atoms with Crippen LogP contribution in [0.25, 0.3) is 10.6 Å². The number of anilines is 1. The van der Waals surface area contributed by atoms with Crippen LogP contribution in [0, 0.1) is 0 Å². The Kier molecular flexibility index (Phi) is 4.82. The van der Waals surface area contributed by atoms with E-state index in [1.165, 1.54) is 11.3 Å². The second-order valence-electron chi connectivity index (χ2n) is 5.02. The zero-order chi connectivity index (χ0) is 18.0. The van der Waals surface area contributed by atoms with Crippen molar-refractivity contribution < 1.29 is 22.4 Å². The summed E-state index contributed by atoms with van der Waals surface area (Å²) in [7, 11) is 0. The molecule has 0 aliphatic heterocycles. The number of benzene rings is 1. The highest BCUT2D eigenvalue weighted by atomic mass is 35.5. The number of nitrogens with one attached hydrogen (secondary N) is 1. The molecular weight excluding hydrogens is 377 g/mol. The molecule has 0 spiro atoms. The van der Waals surface area contributed by atoms with Crippen LogP contribution in [0.15, 0.2) is 46.2 Å². The second kappa shape index (κ2) is 6.89. The van der Waals surface area contributed by atoms with Crippen molar-refractivity contribution in [1.82, 2.24) is 4.98 Å². The Labute approximate surface area is 149 Å². The number of carbonyl (C=O) groups is 1. The van der Waals surface area contributed by atoms with Gasteiger partial charge in [-0.25, -0.2) is 4.98 Å². The van der Waals surface area contributed by atoms with Crippen molar-refractivity contribution >= 4 is 34.7 Å². The third kappa shape index (κ3) is 4.21. The molecule has 0 saturated carbocycles. The molecule has 0 radical (unpaired) electrons. The Balaban J connectivity index is 1.91. The molecule has 4 nitrogen and oxygen atoms in total. The molecule has 1 aromatic carbocycles. The number of halogens is 4. The van der Waals surface area contributed by atoms with Crippen LogP contribution in [0.4, 0.5) is 19.1 Å². The maximum Gasteiger partial charge on any atom is 0.471 e. The maximum absolute atomic E-state index is 12.5. The minimum absolute atomic E-state index is 0.163. The molecule has 1 amide bonds. The van der Waals surface area contributed by atoms with Crippen molar-refractivity contribution in [3.05, 3.63) is 58.3 Å². The molecule has 130 valence electrons. The van der Waals surface area contributed by atoms with Crippen LogP contribution in [0.3, 0.4) is 0 Å². The van der Waals surface area contributed by atoms with Crippen LogP contribution in [-0.4, -0.2) is 17.1 Å². The van der Waals surface area contributed by atoms with Gasteiger partial charge in [0, 0.05) is 11.4 Å². The van der Waals surface area contributed by atoms with Crippen LogP contribution in [-0.2, 0) is 11.2 Å². The molecule has 0 atom stereocenters. The Morgan fingerprint density at radius 3 is 2.56 bits per heavy atom. The van der Waals surface area contributed by atoms with Crippen LogP contribution in [0.5, 0.6) is 0 Å². The molecule has 3 rings (SSSR count). The molecule has 1 N–H and O–H groups in total. The van der Waals surface area contributed by atoms with Crippen LogP contribution < -0.4 is 5.32 Å². The highest BCUT2D eigenvalue weighted by Gasteiger charge is 2.40. The number of nitrogens with zero attached hydrogens (tertiary/aromatic N) is 1. The van der Waals surface area contributed by atoms with Crippen LogP contribution >= 0.6 is 22.9 Å². The Bertz CT molecular complexity index is 874. The van der Waals surface area contributed by atoms with E-state index in [1.807, 2.05) is 0 Å². The molecule has 25 heavy (non-hydrogen) atoms. The molecule has 0 fully saturated rings. The minimum Gasteiger partial charge on any atom is -0.424 e. The number of alkyl halides is 3. The molecule has 0 saturated heterocycles. The molecule has 0 aliphatic carbocycles. The summed E-state index contributed by atoms with van der Waals surface area (Å²) in [6.45, 7) is 0. The lowest BCUT2D eigenvalue weighted by Crippen LogP contribution is -2.29. The number of thiophene rings is 1. The van der Waals surface area contributed by atoms with Gasteiger partial charge in [-0.1, -0.05) is 29.8 Å². The third-order valence-corrected chi connectivity index (χ3v) is 4.31. The van der Waals surface area contributed by atoms with Gasteiger partial charge in [0.05, 0.1) is 4.88 Å².